The Morgan fingerprint density at radius 1 is 1.38 bits per heavy atom. The van der Waals surface area contributed by atoms with Crippen molar-refractivity contribution in [1.29, 1.82) is 4.78 Å². The smallest absolute Gasteiger partial charge is 0.331 e. The van der Waals surface area contributed by atoms with Crippen molar-refractivity contribution >= 4 is 21.6 Å². The second-order valence-electron chi connectivity index (χ2n) is 8.87. The first-order chi connectivity index (χ1) is 13.6. The minimum atomic E-state index is -3.61. The third-order valence-electron chi connectivity index (χ3n) is 5.99. The van der Waals surface area contributed by atoms with Gasteiger partial charge >= 0.3 is 6.03 Å². The molecule has 0 saturated carbocycles. The van der Waals surface area contributed by atoms with Crippen LogP contribution in [0.25, 0.3) is 0 Å². The molecule has 2 amide bonds. The molecule has 3 N–H and O–H groups in total. The van der Waals surface area contributed by atoms with Crippen molar-refractivity contribution in [3.63, 3.8) is 0 Å². The second-order valence-corrected chi connectivity index (χ2v) is 10.6. The lowest BCUT2D eigenvalue weighted by molar-refractivity contribution is 0.132. The molecule has 0 fully saturated rings. The monoisotopic (exact) mass is 415 g/mol. The zero-order valence-electron chi connectivity index (χ0n) is 16.8. The number of hydrogen-bond acceptors (Lipinski definition) is 5. The molecular weight excluding hydrogens is 390 g/mol. The van der Waals surface area contributed by atoms with E-state index in [9.17, 15) is 9.00 Å². The number of hydrogen-bond donors (Lipinski definition) is 3. The molecule has 1 aromatic carbocycles. The van der Waals surface area contributed by atoms with E-state index in [2.05, 4.69) is 28.1 Å². The predicted octanol–water partition coefficient (Wildman–Crippen LogP) is 3.34. The number of carbonyl (C=O) groups is 1. The highest BCUT2D eigenvalue weighted by atomic mass is 32.2. The van der Waals surface area contributed by atoms with Gasteiger partial charge in [0.05, 0.1) is 12.7 Å². The summed E-state index contributed by atoms with van der Waals surface area (Å²) >= 11 is 0. The average Bonchev–Trinajstić information content (AvgIpc) is 3.26. The fourth-order valence-electron chi connectivity index (χ4n) is 4.75. The van der Waals surface area contributed by atoms with Crippen LogP contribution in [0.15, 0.2) is 17.2 Å². The number of urea groups is 1. The van der Waals surface area contributed by atoms with Crippen molar-refractivity contribution in [3.05, 3.63) is 34.5 Å². The first kappa shape index (κ1) is 18.5. The molecule has 154 valence electrons. The van der Waals surface area contributed by atoms with Crippen molar-refractivity contribution in [2.45, 2.75) is 69.4 Å². The van der Waals surface area contributed by atoms with Crippen LogP contribution in [0.2, 0.25) is 0 Å². The molecule has 0 saturated heterocycles. The van der Waals surface area contributed by atoms with Crippen molar-refractivity contribution < 1.29 is 13.7 Å². The maximum Gasteiger partial charge on any atom is 0.331 e. The molecule has 1 aliphatic heterocycles. The lowest BCUT2D eigenvalue weighted by Gasteiger charge is -2.32. The lowest BCUT2D eigenvalue weighted by Crippen LogP contribution is -2.35. The minimum Gasteiger partial charge on any atom is -0.469 e. The van der Waals surface area contributed by atoms with Gasteiger partial charge < -0.3 is 10.1 Å². The molecule has 2 aliphatic carbocycles. The van der Waals surface area contributed by atoms with Crippen molar-refractivity contribution in [2.24, 2.45) is 0 Å². The third-order valence-corrected chi connectivity index (χ3v) is 7.36. The maximum atomic E-state index is 13.0. The number of nitrogens with zero attached hydrogens (tertiary/aromatic N) is 2. The van der Waals surface area contributed by atoms with Gasteiger partial charge in [0, 0.05) is 5.69 Å². The summed E-state index contributed by atoms with van der Waals surface area (Å²) in [6.45, 7) is 6.44. The highest BCUT2D eigenvalue weighted by Gasteiger charge is 2.37. The molecule has 2 atom stereocenters. The third kappa shape index (κ3) is 2.90. The number of anilines is 1. The first-order valence-corrected chi connectivity index (χ1v) is 11.5. The molecule has 2 aromatic rings. The van der Waals surface area contributed by atoms with Crippen LogP contribution in [-0.2, 0) is 35.7 Å². The largest absolute Gasteiger partial charge is 0.469 e. The van der Waals surface area contributed by atoms with Crippen LogP contribution in [0.1, 0.15) is 55.4 Å². The van der Waals surface area contributed by atoms with Gasteiger partial charge in [-0.3, -0.25) is 0 Å². The summed E-state index contributed by atoms with van der Waals surface area (Å²) in [6.07, 6.45) is 5.39. The second kappa shape index (κ2) is 5.98. The van der Waals surface area contributed by atoms with E-state index in [-0.39, 0.29) is 10.8 Å². The topological polar surface area (TPSA) is 109 Å². The van der Waals surface area contributed by atoms with Gasteiger partial charge in [0.25, 0.3) is 0 Å². The summed E-state index contributed by atoms with van der Waals surface area (Å²) < 4.78 is 31.1. The van der Waals surface area contributed by atoms with Crippen LogP contribution in [0, 0.1) is 4.78 Å². The number of amides is 2. The number of fused-ring (bicyclic) bond motifs is 3. The number of aryl methyl sites for hydroxylation is 1. The van der Waals surface area contributed by atoms with Gasteiger partial charge in [0.15, 0.2) is 9.92 Å². The summed E-state index contributed by atoms with van der Waals surface area (Å²) in [4.78, 5) is 12.9. The van der Waals surface area contributed by atoms with Crippen molar-refractivity contribution in [2.75, 3.05) is 5.32 Å². The van der Waals surface area contributed by atoms with Crippen LogP contribution >= 0.6 is 0 Å². The van der Waals surface area contributed by atoms with Crippen LogP contribution in [0.3, 0.4) is 0 Å². The average molecular weight is 416 g/mol. The Bertz CT molecular complexity index is 1150. The Morgan fingerprint density at radius 2 is 2.17 bits per heavy atom. The summed E-state index contributed by atoms with van der Waals surface area (Å²) in [7, 11) is -3.61. The quantitative estimate of drug-likeness (QED) is 0.714. The molecule has 8 nitrogen and oxygen atoms in total. The molecule has 1 unspecified atom stereocenters. The van der Waals surface area contributed by atoms with E-state index in [0.29, 0.717) is 12.5 Å². The number of rotatable bonds is 3. The Kier molecular flexibility index (Phi) is 3.81. The molecule has 29 heavy (non-hydrogen) atoms. The summed E-state index contributed by atoms with van der Waals surface area (Å²) in [5, 5.41) is 7.08. The molecular formula is C20H25N5O3S. The molecule has 5 rings (SSSR count). The molecule has 3 aliphatic rings. The van der Waals surface area contributed by atoms with Crippen molar-refractivity contribution in [1.82, 2.24) is 14.5 Å². The Hall–Kier alpha value is -2.55. The maximum absolute atomic E-state index is 13.0. The number of nitrogens with one attached hydrogen (secondary N) is 3. The molecule has 0 bridgehead atoms. The minimum absolute atomic E-state index is 0.0953. The molecule has 1 aromatic heterocycles. The van der Waals surface area contributed by atoms with E-state index in [1.165, 1.54) is 28.5 Å². The Balaban J connectivity index is 1.41. The van der Waals surface area contributed by atoms with Crippen LogP contribution in [0.4, 0.5) is 10.5 Å². The normalized spacial score (nSPS) is 22.5. The highest BCUT2D eigenvalue weighted by Crippen LogP contribution is 2.45. The van der Waals surface area contributed by atoms with Gasteiger partial charge in [-0.25, -0.2) is 23.2 Å². The molecule has 0 spiro atoms. The number of benzene rings is 1. The summed E-state index contributed by atoms with van der Waals surface area (Å²) in [5.41, 5.74) is 5.29. The molecule has 2 heterocycles. The van der Waals surface area contributed by atoms with Crippen LogP contribution in [-0.4, -0.2) is 25.6 Å². The van der Waals surface area contributed by atoms with E-state index in [0.717, 1.165) is 31.4 Å². The number of aromatic nitrogens is 2. The number of carbonyl (C=O) groups excluding carboxylic acids is 1. The van der Waals surface area contributed by atoms with Crippen molar-refractivity contribution in [3.8, 4) is 5.88 Å². The zero-order valence-corrected chi connectivity index (χ0v) is 17.6. The molecule has 0 radical (unpaired) electrons. The summed E-state index contributed by atoms with van der Waals surface area (Å²) in [5.74, 6) is 0.676. The SMILES string of the molecule is C[C@@H]1Cc2cc3c(c(NC(=O)NS(=N)(=O)c4cnn5c4OC(C)(C)C5)c21)CCC3. The van der Waals surface area contributed by atoms with Crippen LogP contribution < -0.4 is 14.8 Å². The van der Waals surface area contributed by atoms with E-state index < -0.39 is 21.5 Å². The molecule has 9 heteroatoms. The van der Waals surface area contributed by atoms with E-state index in [1.54, 1.807) is 4.68 Å². The predicted molar refractivity (Wildman–Crippen MR) is 109 cm³/mol. The van der Waals surface area contributed by atoms with Gasteiger partial charge in [-0.15, -0.1) is 0 Å². The van der Waals surface area contributed by atoms with E-state index >= 15 is 0 Å². The van der Waals surface area contributed by atoms with E-state index in [1.807, 2.05) is 13.8 Å². The Morgan fingerprint density at radius 3 is 2.93 bits per heavy atom. The number of ether oxygens (including phenoxy) is 1. The fourth-order valence-corrected chi connectivity index (χ4v) is 5.76. The van der Waals surface area contributed by atoms with Crippen LogP contribution in [0.5, 0.6) is 5.88 Å². The lowest BCUT2D eigenvalue weighted by atomic mass is 9.75. The van der Waals surface area contributed by atoms with Gasteiger partial charge in [-0.1, -0.05) is 13.0 Å². The zero-order chi connectivity index (χ0) is 20.6. The summed E-state index contributed by atoms with van der Waals surface area (Å²) in [6, 6.07) is 1.63. The first-order valence-electron chi connectivity index (χ1n) is 9.94. The van der Waals surface area contributed by atoms with Gasteiger partial charge in [-0.05, 0) is 67.7 Å². The standard InChI is InChI=1S/C20H25N5O3S/c1-11-7-13-8-12-5-4-6-14(12)17(16(11)13)23-19(26)24-29(21,27)15-9-22-25-10-20(2,3)28-18(15)25/h8-9,11H,4-7,10H2,1-3H3,(H3,21,23,24,26,27)/t11-,29?/m1/s1. The van der Waals surface area contributed by atoms with Gasteiger partial charge in [-0.2, -0.15) is 5.10 Å². The van der Waals surface area contributed by atoms with Gasteiger partial charge in [0.1, 0.15) is 10.5 Å². The van der Waals surface area contributed by atoms with E-state index in [4.69, 9.17) is 9.52 Å². The fraction of sp³-hybridized carbons (Fsp3) is 0.500. The highest BCUT2D eigenvalue weighted by molar-refractivity contribution is 7.91. The van der Waals surface area contributed by atoms with Gasteiger partial charge in [0.2, 0.25) is 5.88 Å². The Labute approximate surface area is 170 Å².